The minimum Gasteiger partial charge on any atom is -0.310 e. The monoisotopic (exact) mass is 266 g/mol. The van der Waals surface area contributed by atoms with Gasteiger partial charge < -0.3 is 10.2 Å². The summed E-state index contributed by atoms with van der Waals surface area (Å²) in [6.45, 7) is 14.5. The first-order valence-corrected chi connectivity index (χ1v) is 8.38. The number of hydrogen-bond acceptors (Lipinski definition) is 2. The molecule has 112 valence electrons. The molecule has 0 radical (unpaired) electrons. The molecule has 1 N–H and O–H groups in total. The summed E-state index contributed by atoms with van der Waals surface area (Å²) in [7, 11) is 0. The molecule has 1 saturated carbocycles. The van der Waals surface area contributed by atoms with Crippen LogP contribution < -0.4 is 5.32 Å². The summed E-state index contributed by atoms with van der Waals surface area (Å²) in [5.74, 6) is 0.844. The van der Waals surface area contributed by atoms with Crippen LogP contribution in [-0.2, 0) is 0 Å². The molecule has 0 bridgehead atoms. The highest BCUT2D eigenvalue weighted by Crippen LogP contribution is 2.44. The van der Waals surface area contributed by atoms with Crippen LogP contribution in [-0.4, -0.2) is 36.6 Å². The van der Waals surface area contributed by atoms with E-state index in [9.17, 15) is 0 Å². The van der Waals surface area contributed by atoms with Crippen LogP contribution in [0.1, 0.15) is 66.2 Å². The molecule has 1 heterocycles. The standard InChI is InChI=1S/C17H34N2/c1-15(2)12-17(8-5-6-9-17)14-19-11-7-10-18-16(3,4)13-19/h15,18H,5-14H2,1-4H3. The number of nitrogens with one attached hydrogen (secondary N) is 1. The fourth-order valence-electron chi connectivity index (χ4n) is 4.45. The molecular formula is C17H34N2. The Morgan fingerprint density at radius 1 is 1.11 bits per heavy atom. The van der Waals surface area contributed by atoms with Gasteiger partial charge in [-0.2, -0.15) is 0 Å². The van der Waals surface area contributed by atoms with Gasteiger partial charge >= 0.3 is 0 Å². The first kappa shape index (κ1) is 15.3. The lowest BCUT2D eigenvalue weighted by Crippen LogP contribution is -2.48. The molecule has 2 rings (SSSR count). The van der Waals surface area contributed by atoms with Gasteiger partial charge in [0.05, 0.1) is 0 Å². The van der Waals surface area contributed by atoms with Gasteiger partial charge in [0.25, 0.3) is 0 Å². The fraction of sp³-hybridized carbons (Fsp3) is 1.00. The van der Waals surface area contributed by atoms with E-state index in [1.807, 2.05) is 0 Å². The van der Waals surface area contributed by atoms with Gasteiger partial charge in [-0.15, -0.1) is 0 Å². The van der Waals surface area contributed by atoms with Gasteiger partial charge in [-0.3, -0.25) is 0 Å². The minimum absolute atomic E-state index is 0.286. The molecule has 2 heteroatoms. The molecular weight excluding hydrogens is 232 g/mol. The van der Waals surface area contributed by atoms with Crippen LogP contribution in [0.4, 0.5) is 0 Å². The molecule has 0 atom stereocenters. The molecule has 2 aliphatic rings. The molecule has 0 aromatic carbocycles. The molecule has 2 nitrogen and oxygen atoms in total. The summed E-state index contributed by atoms with van der Waals surface area (Å²) in [4.78, 5) is 2.76. The summed E-state index contributed by atoms with van der Waals surface area (Å²) in [6.07, 6.45) is 8.59. The summed E-state index contributed by atoms with van der Waals surface area (Å²) in [6, 6.07) is 0. The largest absolute Gasteiger partial charge is 0.310 e. The third-order valence-electron chi connectivity index (χ3n) is 4.94. The quantitative estimate of drug-likeness (QED) is 0.835. The molecule has 0 aromatic heterocycles. The average Bonchev–Trinajstić information content (AvgIpc) is 2.63. The summed E-state index contributed by atoms with van der Waals surface area (Å²) < 4.78 is 0. The second-order valence-electron chi connectivity index (χ2n) is 8.18. The Labute approximate surface area is 120 Å². The Bertz CT molecular complexity index is 277. The van der Waals surface area contributed by atoms with Crippen LogP contribution >= 0.6 is 0 Å². The molecule has 0 amide bonds. The zero-order chi connectivity index (χ0) is 13.9. The van der Waals surface area contributed by atoms with Crippen LogP contribution in [0.25, 0.3) is 0 Å². The smallest absolute Gasteiger partial charge is 0.0252 e. The number of nitrogens with zero attached hydrogens (tertiary/aromatic N) is 1. The van der Waals surface area contributed by atoms with Gasteiger partial charge in [0.2, 0.25) is 0 Å². The minimum atomic E-state index is 0.286. The van der Waals surface area contributed by atoms with Gasteiger partial charge in [-0.1, -0.05) is 26.7 Å². The van der Waals surface area contributed by atoms with Crippen molar-refractivity contribution >= 4 is 0 Å². The second-order valence-corrected chi connectivity index (χ2v) is 8.18. The third-order valence-corrected chi connectivity index (χ3v) is 4.94. The lowest BCUT2D eigenvalue weighted by atomic mass is 9.78. The van der Waals surface area contributed by atoms with Crippen LogP contribution in [0.3, 0.4) is 0 Å². The van der Waals surface area contributed by atoms with Gasteiger partial charge in [0, 0.05) is 18.6 Å². The van der Waals surface area contributed by atoms with Crippen LogP contribution in [0.15, 0.2) is 0 Å². The molecule has 0 unspecified atom stereocenters. The van der Waals surface area contributed by atoms with E-state index in [2.05, 4.69) is 37.9 Å². The molecule has 19 heavy (non-hydrogen) atoms. The van der Waals surface area contributed by atoms with Gasteiger partial charge in [-0.25, -0.2) is 0 Å². The summed E-state index contributed by atoms with van der Waals surface area (Å²) in [5.41, 5.74) is 0.919. The first-order chi connectivity index (χ1) is 8.91. The van der Waals surface area contributed by atoms with E-state index in [1.165, 1.54) is 64.7 Å². The van der Waals surface area contributed by atoms with E-state index in [1.54, 1.807) is 0 Å². The van der Waals surface area contributed by atoms with Crippen LogP contribution in [0.5, 0.6) is 0 Å². The van der Waals surface area contributed by atoms with Crippen molar-refractivity contribution in [3.05, 3.63) is 0 Å². The average molecular weight is 266 g/mol. The molecule has 1 saturated heterocycles. The lowest BCUT2D eigenvalue weighted by Gasteiger charge is -2.38. The zero-order valence-electron chi connectivity index (χ0n) is 13.6. The van der Waals surface area contributed by atoms with Gasteiger partial charge in [0.15, 0.2) is 0 Å². The third kappa shape index (κ3) is 4.46. The molecule has 1 aliphatic heterocycles. The maximum Gasteiger partial charge on any atom is 0.0252 e. The van der Waals surface area contributed by atoms with Crippen molar-refractivity contribution in [2.24, 2.45) is 11.3 Å². The SMILES string of the molecule is CC(C)CC1(CN2CCCNC(C)(C)C2)CCCC1. The maximum absolute atomic E-state index is 3.69. The summed E-state index contributed by atoms with van der Waals surface area (Å²) in [5, 5.41) is 3.69. The van der Waals surface area contributed by atoms with E-state index >= 15 is 0 Å². The normalized spacial score (nSPS) is 27.6. The van der Waals surface area contributed by atoms with E-state index in [0.29, 0.717) is 5.41 Å². The molecule has 1 aliphatic carbocycles. The Morgan fingerprint density at radius 3 is 2.42 bits per heavy atom. The Balaban J connectivity index is 1.99. The first-order valence-electron chi connectivity index (χ1n) is 8.38. The number of rotatable bonds is 4. The van der Waals surface area contributed by atoms with Crippen molar-refractivity contribution < 1.29 is 0 Å². The highest BCUT2D eigenvalue weighted by atomic mass is 15.2. The predicted octanol–water partition coefficient (Wildman–Crippen LogP) is 3.67. The summed E-state index contributed by atoms with van der Waals surface area (Å²) >= 11 is 0. The van der Waals surface area contributed by atoms with E-state index in [0.717, 1.165) is 5.92 Å². The van der Waals surface area contributed by atoms with Crippen molar-refractivity contribution in [3.63, 3.8) is 0 Å². The van der Waals surface area contributed by atoms with Crippen LogP contribution in [0.2, 0.25) is 0 Å². The molecule has 2 fully saturated rings. The fourth-order valence-corrected chi connectivity index (χ4v) is 4.45. The van der Waals surface area contributed by atoms with E-state index in [4.69, 9.17) is 0 Å². The number of hydrogen-bond donors (Lipinski definition) is 1. The van der Waals surface area contributed by atoms with Crippen molar-refractivity contribution in [2.75, 3.05) is 26.2 Å². The van der Waals surface area contributed by atoms with Gasteiger partial charge in [0.1, 0.15) is 0 Å². The Morgan fingerprint density at radius 2 is 1.79 bits per heavy atom. The van der Waals surface area contributed by atoms with Crippen LogP contribution in [0, 0.1) is 11.3 Å². The molecule has 0 aromatic rings. The Kier molecular flexibility index (Phi) is 4.94. The Hall–Kier alpha value is -0.0800. The second kappa shape index (κ2) is 6.13. The zero-order valence-corrected chi connectivity index (χ0v) is 13.6. The van der Waals surface area contributed by atoms with E-state index < -0.39 is 0 Å². The maximum atomic E-state index is 3.69. The lowest BCUT2D eigenvalue weighted by molar-refractivity contribution is 0.116. The van der Waals surface area contributed by atoms with Crippen molar-refractivity contribution in [1.82, 2.24) is 10.2 Å². The van der Waals surface area contributed by atoms with Gasteiger partial charge in [-0.05, 0) is 64.0 Å². The predicted molar refractivity (Wildman–Crippen MR) is 83.5 cm³/mol. The molecule has 0 spiro atoms. The highest BCUT2D eigenvalue weighted by Gasteiger charge is 2.37. The topological polar surface area (TPSA) is 15.3 Å². The van der Waals surface area contributed by atoms with Crippen molar-refractivity contribution in [3.8, 4) is 0 Å². The highest BCUT2D eigenvalue weighted by molar-refractivity contribution is 4.92. The van der Waals surface area contributed by atoms with Crippen molar-refractivity contribution in [1.29, 1.82) is 0 Å². The van der Waals surface area contributed by atoms with Crippen molar-refractivity contribution in [2.45, 2.75) is 71.8 Å². The van der Waals surface area contributed by atoms with E-state index in [-0.39, 0.29) is 5.54 Å².